The van der Waals surface area contributed by atoms with Crippen molar-refractivity contribution in [1.29, 1.82) is 0 Å². The molecule has 6 N–H and O–H groups in total. The van der Waals surface area contributed by atoms with Crippen LogP contribution in [0.1, 0.15) is 290 Å². The second-order valence-electron chi connectivity index (χ2n) is 21.5. The summed E-state index contributed by atoms with van der Waals surface area (Å²) in [5.41, 5.74) is 0. The van der Waals surface area contributed by atoms with E-state index < -0.39 is 49.5 Å². The second-order valence-corrected chi connectivity index (χ2v) is 21.5. The minimum atomic E-state index is -1.55. The van der Waals surface area contributed by atoms with Gasteiger partial charge in [0, 0.05) is 6.42 Å². The van der Waals surface area contributed by atoms with Crippen molar-refractivity contribution in [3.63, 3.8) is 0 Å². The van der Waals surface area contributed by atoms with E-state index in [1.165, 1.54) is 199 Å². The Hall–Kier alpha value is -1.85. The highest BCUT2D eigenvalue weighted by Crippen LogP contribution is 2.23. The summed E-state index contributed by atoms with van der Waals surface area (Å²) in [4.78, 5) is 13.1. The number of amides is 1. The van der Waals surface area contributed by atoms with Crippen LogP contribution in [0.15, 0.2) is 48.6 Å². The van der Waals surface area contributed by atoms with Crippen molar-refractivity contribution in [3.05, 3.63) is 48.6 Å². The van der Waals surface area contributed by atoms with E-state index in [9.17, 15) is 30.3 Å². The molecule has 1 amide bonds. The summed E-state index contributed by atoms with van der Waals surface area (Å²) in [6, 6.07) is -0.718. The molecule has 1 fully saturated rings. The van der Waals surface area contributed by atoms with E-state index in [1.54, 1.807) is 0 Å². The van der Waals surface area contributed by atoms with E-state index in [-0.39, 0.29) is 12.5 Å². The summed E-state index contributed by atoms with van der Waals surface area (Å²) in [7, 11) is 0. The Balaban J connectivity index is 2.10. The van der Waals surface area contributed by atoms with E-state index >= 15 is 0 Å². The fraction of sp³-hybridized carbons (Fsp3) is 0.857. The summed E-state index contributed by atoms with van der Waals surface area (Å²) in [5.74, 6) is -0.140. The maximum absolute atomic E-state index is 13.1. The molecule has 422 valence electrons. The second kappa shape index (κ2) is 52.6. The summed E-state index contributed by atoms with van der Waals surface area (Å²) < 4.78 is 11.3. The number of carbonyl (C=O) groups excluding carboxylic acids is 1. The van der Waals surface area contributed by atoms with Crippen LogP contribution in [-0.2, 0) is 14.3 Å². The number of aliphatic hydroxyl groups is 5. The van der Waals surface area contributed by atoms with Crippen LogP contribution in [0.5, 0.6) is 0 Å². The Kier molecular flexibility index (Phi) is 49.8. The van der Waals surface area contributed by atoms with Crippen molar-refractivity contribution in [2.75, 3.05) is 13.2 Å². The molecule has 0 aromatic heterocycles. The van der Waals surface area contributed by atoms with Gasteiger partial charge < -0.3 is 40.3 Å². The zero-order valence-corrected chi connectivity index (χ0v) is 46.9. The number of ether oxygens (including phenoxy) is 2. The monoisotopic (exact) mass is 1020 g/mol. The highest BCUT2D eigenvalue weighted by atomic mass is 16.7. The van der Waals surface area contributed by atoms with Gasteiger partial charge in [0.1, 0.15) is 24.4 Å². The minimum Gasteiger partial charge on any atom is -0.394 e. The molecule has 7 unspecified atom stereocenters. The zero-order valence-electron chi connectivity index (χ0n) is 46.9. The minimum absolute atomic E-state index is 0.135. The molecular weight excluding hydrogens is 899 g/mol. The fourth-order valence-electron chi connectivity index (χ4n) is 9.86. The number of aliphatic hydroxyl groups excluding tert-OH is 5. The van der Waals surface area contributed by atoms with E-state index in [1.807, 2.05) is 0 Å². The van der Waals surface area contributed by atoms with Gasteiger partial charge in [-0.05, 0) is 51.4 Å². The van der Waals surface area contributed by atoms with Gasteiger partial charge in [0.2, 0.25) is 5.91 Å². The number of unbranched alkanes of at least 4 members (excludes halogenated alkanes) is 35. The third kappa shape index (κ3) is 41.4. The predicted octanol–water partition coefficient (Wildman–Crippen LogP) is 15.7. The lowest BCUT2D eigenvalue weighted by Crippen LogP contribution is -2.60. The predicted molar refractivity (Wildman–Crippen MR) is 304 cm³/mol. The number of hydrogen-bond donors (Lipinski definition) is 6. The van der Waals surface area contributed by atoms with Crippen LogP contribution < -0.4 is 5.32 Å². The molecule has 1 aliphatic heterocycles. The van der Waals surface area contributed by atoms with E-state index in [0.717, 1.165) is 64.2 Å². The smallest absolute Gasteiger partial charge is 0.220 e. The van der Waals surface area contributed by atoms with Gasteiger partial charge in [-0.3, -0.25) is 4.79 Å². The van der Waals surface area contributed by atoms with Crippen LogP contribution in [0, 0.1) is 0 Å². The summed E-state index contributed by atoms with van der Waals surface area (Å²) in [6.45, 7) is 3.75. The Morgan fingerprint density at radius 1 is 0.486 bits per heavy atom. The maximum atomic E-state index is 13.1. The normalized spacial score (nSPS) is 19.5. The molecule has 7 atom stereocenters. The molecule has 72 heavy (non-hydrogen) atoms. The van der Waals surface area contributed by atoms with Gasteiger partial charge in [0.25, 0.3) is 0 Å². The number of hydrogen-bond acceptors (Lipinski definition) is 8. The lowest BCUT2D eigenvalue weighted by molar-refractivity contribution is -0.302. The van der Waals surface area contributed by atoms with Gasteiger partial charge in [0.15, 0.2) is 6.29 Å². The first-order chi connectivity index (χ1) is 35.3. The fourth-order valence-corrected chi connectivity index (χ4v) is 9.86. The average Bonchev–Trinajstić information content (AvgIpc) is 3.38. The molecule has 0 bridgehead atoms. The topological polar surface area (TPSA) is 149 Å². The lowest BCUT2D eigenvalue weighted by Gasteiger charge is -2.40. The first-order valence-corrected chi connectivity index (χ1v) is 30.8. The maximum Gasteiger partial charge on any atom is 0.220 e. The highest BCUT2D eigenvalue weighted by molar-refractivity contribution is 5.76. The number of nitrogens with one attached hydrogen (secondary N) is 1. The molecule has 0 radical (unpaired) electrons. The van der Waals surface area contributed by atoms with Gasteiger partial charge in [-0.15, -0.1) is 0 Å². The van der Waals surface area contributed by atoms with Gasteiger partial charge in [-0.1, -0.05) is 281 Å². The van der Waals surface area contributed by atoms with Crippen molar-refractivity contribution in [3.8, 4) is 0 Å². The van der Waals surface area contributed by atoms with Crippen LogP contribution in [0.4, 0.5) is 0 Å². The zero-order chi connectivity index (χ0) is 52.2. The molecule has 1 rings (SSSR count). The molecule has 0 saturated carbocycles. The van der Waals surface area contributed by atoms with Crippen LogP contribution in [0.25, 0.3) is 0 Å². The molecule has 1 heterocycles. The molecule has 9 nitrogen and oxygen atoms in total. The molecule has 0 aliphatic carbocycles. The van der Waals surface area contributed by atoms with Crippen molar-refractivity contribution in [2.45, 2.75) is 333 Å². The van der Waals surface area contributed by atoms with Crippen LogP contribution in [0.3, 0.4) is 0 Å². The number of carbonyl (C=O) groups is 1. The van der Waals surface area contributed by atoms with Gasteiger partial charge in [-0.25, -0.2) is 0 Å². The molecule has 0 aromatic rings. The first-order valence-electron chi connectivity index (χ1n) is 30.8. The quantitative estimate of drug-likeness (QED) is 0.0261. The Morgan fingerprint density at radius 2 is 0.861 bits per heavy atom. The number of allylic oxidation sites excluding steroid dienone is 8. The third-order valence-corrected chi connectivity index (χ3v) is 14.7. The highest BCUT2D eigenvalue weighted by Gasteiger charge is 2.44. The molecule has 9 heteroatoms. The molecule has 1 aliphatic rings. The molecular formula is C63H117NO8. The third-order valence-electron chi connectivity index (χ3n) is 14.7. The van der Waals surface area contributed by atoms with Crippen molar-refractivity contribution < 1.29 is 39.8 Å². The van der Waals surface area contributed by atoms with Gasteiger partial charge >= 0.3 is 0 Å². The van der Waals surface area contributed by atoms with Crippen molar-refractivity contribution in [1.82, 2.24) is 5.32 Å². The molecule has 0 spiro atoms. The van der Waals surface area contributed by atoms with Gasteiger partial charge in [0.05, 0.1) is 25.4 Å². The molecule has 1 saturated heterocycles. The molecule has 0 aromatic carbocycles. The summed E-state index contributed by atoms with van der Waals surface area (Å²) in [5, 5.41) is 54.7. The number of rotatable bonds is 53. The summed E-state index contributed by atoms with van der Waals surface area (Å²) >= 11 is 0. The van der Waals surface area contributed by atoms with E-state index in [4.69, 9.17) is 9.47 Å². The van der Waals surface area contributed by atoms with Crippen LogP contribution in [0.2, 0.25) is 0 Å². The summed E-state index contributed by atoms with van der Waals surface area (Å²) in [6.07, 6.45) is 63.0. The van der Waals surface area contributed by atoms with Crippen LogP contribution >= 0.6 is 0 Å². The van der Waals surface area contributed by atoms with Crippen molar-refractivity contribution >= 4 is 5.91 Å². The van der Waals surface area contributed by atoms with Gasteiger partial charge in [-0.2, -0.15) is 0 Å². The Bertz CT molecular complexity index is 1270. The average molecular weight is 1020 g/mol. The first kappa shape index (κ1) is 68.2. The standard InChI is InChI=1S/C63H117NO8/c1-3-5-7-9-11-13-15-17-19-21-22-23-24-25-26-27-28-29-30-31-32-33-34-35-36-37-39-41-43-45-47-49-51-53-59(67)64-56(55-71-63-62(70)61(69)60(68)58(54-65)72-63)57(66)52-50-48-46-44-42-40-38-20-18-16-14-12-10-8-6-4-2/h5,7,11,13,17,19,22-23,56-58,60-63,65-66,68-70H,3-4,6,8-10,12,14-16,18,20-21,24-55H2,1-2H3,(H,64,67)/b7-5-,13-11-,19-17-,23-22-. The lowest BCUT2D eigenvalue weighted by atomic mass is 9.99. The SMILES string of the molecule is CC/C=C\C/C=C\C/C=C\C/C=C\CCCCCCCCCCCCCCCCCCCCCCC(=O)NC(COC1OC(CO)C(O)C(O)C1O)C(O)CCCCCCCCCCCCCCCCCC. The van der Waals surface area contributed by atoms with Crippen molar-refractivity contribution in [2.24, 2.45) is 0 Å². The Labute approximate surface area is 444 Å². The van der Waals surface area contributed by atoms with E-state index in [0.29, 0.717) is 12.8 Å². The Morgan fingerprint density at radius 3 is 1.28 bits per heavy atom. The largest absolute Gasteiger partial charge is 0.394 e. The van der Waals surface area contributed by atoms with E-state index in [2.05, 4.69) is 67.8 Å². The van der Waals surface area contributed by atoms with Crippen LogP contribution in [-0.4, -0.2) is 87.5 Å².